The monoisotopic (exact) mass is 384 g/mol. The first kappa shape index (κ1) is 18.2. The third-order valence-electron chi connectivity index (χ3n) is 5.48. The number of hydrogen-bond acceptors (Lipinski definition) is 3. The van der Waals surface area contributed by atoms with Crippen molar-refractivity contribution in [2.75, 3.05) is 19.6 Å². The van der Waals surface area contributed by atoms with Crippen LogP contribution in [0.2, 0.25) is 0 Å². The molecule has 4 rings (SSSR count). The lowest BCUT2D eigenvalue weighted by Crippen LogP contribution is -2.31. The standard InChI is InChI=1S/C21H24N2O3S/c24-21(23-15-7-12-20(23)17-8-2-1-3-9-17)18-10-6-11-19(16-18)27(25,26)22-13-4-5-14-22/h1-3,6,8-11,16,20H,4-5,7,12-15H2. The molecule has 0 saturated carbocycles. The number of carbonyl (C=O) groups excluding carboxylic acids is 1. The van der Waals surface area contributed by atoms with Gasteiger partial charge in [0.1, 0.15) is 0 Å². The number of benzene rings is 2. The molecule has 0 aliphatic carbocycles. The van der Waals surface area contributed by atoms with Crippen LogP contribution in [0.15, 0.2) is 59.5 Å². The van der Waals surface area contributed by atoms with E-state index in [2.05, 4.69) is 0 Å². The summed E-state index contributed by atoms with van der Waals surface area (Å²) in [4.78, 5) is 15.2. The molecule has 2 heterocycles. The third kappa shape index (κ3) is 3.51. The van der Waals surface area contributed by atoms with E-state index in [0.717, 1.165) is 31.2 Å². The maximum absolute atomic E-state index is 13.1. The molecular formula is C21H24N2O3S. The van der Waals surface area contributed by atoms with Crippen LogP contribution in [-0.2, 0) is 10.0 Å². The van der Waals surface area contributed by atoms with Gasteiger partial charge in [-0.2, -0.15) is 4.31 Å². The van der Waals surface area contributed by atoms with Crippen LogP contribution < -0.4 is 0 Å². The highest BCUT2D eigenvalue weighted by Gasteiger charge is 2.32. The number of nitrogens with zero attached hydrogens (tertiary/aromatic N) is 2. The lowest BCUT2D eigenvalue weighted by molar-refractivity contribution is 0.0735. The predicted octanol–water partition coefficient (Wildman–Crippen LogP) is 3.45. The number of rotatable bonds is 4. The molecule has 0 aromatic heterocycles. The van der Waals surface area contributed by atoms with Gasteiger partial charge in [0.05, 0.1) is 10.9 Å². The van der Waals surface area contributed by atoms with Gasteiger partial charge in [0, 0.05) is 25.2 Å². The molecule has 0 radical (unpaired) electrons. The van der Waals surface area contributed by atoms with Crippen LogP contribution in [0.25, 0.3) is 0 Å². The number of likely N-dealkylation sites (tertiary alicyclic amines) is 1. The molecule has 27 heavy (non-hydrogen) atoms. The molecule has 2 aromatic carbocycles. The minimum atomic E-state index is -3.52. The Morgan fingerprint density at radius 1 is 0.889 bits per heavy atom. The van der Waals surface area contributed by atoms with E-state index in [9.17, 15) is 13.2 Å². The molecule has 1 atom stereocenters. The molecule has 2 aliphatic rings. The van der Waals surface area contributed by atoms with Gasteiger partial charge in [-0.05, 0) is 49.4 Å². The molecule has 2 saturated heterocycles. The first-order chi connectivity index (χ1) is 13.1. The normalized spacial score (nSPS) is 20.9. The molecule has 1 amide bonds. The van der Waals surface area contributed by atoms with Crippen molar-refractivity contribution in [3.8, 4) is 0 Å². The fraction of sp³-hybridized carbons (Fsp3) is 0.381. The molecule has 0 spiro atoms. The molecule has 5 nitrogen and oxygen atoms in total. The molecule has 2 aromatic rings. The van der Waals surface area contributed by atoms with Gasteiger partial charge in [-0.3, -0.25) is 4.79 Å². The van der Waals surface area contributed by atoms with E-state index in [4.69, 9.17) is 0 Å². The van der Waals surface area contributed by atoms with E-state index in [1.165, 1.54) is 10.4 Å². The average Bonchev–Trinajstić information content (AvgIpc) is 3.40. The van der Waals surface area contributed by atoms with Gasteiger partial charge in [-0.1, -0.05) is 36.4 Å². The second kappa shape index (κ2) is 7.44. The molecule has 2 aliphatic heterocycles. The average molecular weight is 385 g/mol. The minimum Gasteiger partial charge on any atom is -0.332 e. The SMILES string of the molecule is O=C(c1cccc(S(=O)(=O)N2CCCC2)c1)N1CCCC1c1ccccc1. The van der Waals surface area contributed by atoms with E-state index < -0.39 is 10.0 Å². The molecule has 6 heteroatoms. The quantitative estimate of drug-likeness (QED) is 0.811. The van der Waals surface area contributed by atoms with Crippen LogP contribution in [-0.4, -0.2) is 43.2 Å². The van der Waals surface area contributed by atoms with Crippen LogP contribution >= 0.6 is 0 Å². The lowest BCUT2D eigenvalue weighted by atomic mass is 10.0. The maximum Gasteiger partial charge on any atom is 0.254 e. The molecular weight excluding hydrogens is 360 g/mol. The van der Waals surface area contributed by atoms with Crippen LogP contribution in [0.3, 0.4) is 0 Å². The summed E-state index contributed by atoms with van der Waals surface area (Å²) in [5.41, 5.74) is 1.57. The van der Waals surface area contributed by atoms with Crippen molar-refractivity contribution >= 4 is 15.9 Å². The van der Waals surface area contributed by atoms with Crippen LogP contribution in [0.1, 0.15) is 47.6 Å². The second-order valence-electron chi connectivity index (χ2n) is 7.21. The summed E-state index contributed by atoms with van der Waals surface area (Å²) in [6.07, 6.45) is 3.67. The van der Waals surface area contributed by atoms with Gasteiger partial charge in [0.15, 0.2) is 0 Å². The van der Waals surface area contributed by atoms with Crippen molar-refractivity contribution in [2.45, 2.75) is 36.6 Å². The summed E-state index contributed by atoms with van der Waals surface area (Å²) in [5.74, 6) is -0.0974. The van der Waals surface area contributed by atoms with Crippen LogP contribution in [0, 0.1) is 0 Å². The Labute approximate surface area is 160 Å². The number of sulfonamides is 1. The summed E-state index contributed by atoms with van der Waals surface area (Å²) >= 11 is 0. The van der Waals surface area contributed by atoms with Gasteiger partial charge in [-0.15, -0.1) is 0 Å². The first-order valence-electron chi connectivity index (χ1n) is 9.53. The van der Waals surface area contributed by atoms with Gasteiger partial charge in [-0.25, -0.2) is 8.42 Å². The number of amides is 1. The van der Waals surface area contributed by atoms with Crippen molar-refractivity contribution in [3.05, 3.63) is 65.7 Å². The Morgan fingerprint density at radius 2 is 1.63 bits per heavy atom. The maximum atomic E-state index is 13.1. The largest absolute Gasteiger partial charge is 0.332 e. The van der Waals surface area contributed by atoms with Crippen molar-refractivity contribution in [1.29, 1.82) is 0 Å². The second-order valence-corrected chi connectivity index (χ2v) is 9.14. The molecule has 0 bridgehead atoms. The highest BCUT2D eigenvalue weighted by molar-refractivity contribution is 7.89. The van der Waals surface area contributed by atoms with Crippen LogP contribution in [0.5, 0.6) is 0 Å². The van der Waals surface area contributed by atoms with Gasteiger partial charge in [0.25, 0.3) is 5.91 Å². The minimum absolute atomic E-state index is 0.0533. The van der Waals surface area contributed by atoms with Gasteiger partial charge >= 0.3 is 0 Å². The fourth-order valence-electron chi connectivity index (χ4n) is 4.06. The van der Waals surface area contributed by atoms with E-state index >= 15 is 0 Å². The van der Waals surface area contributed by atoms with Crippen molar-refractivity contribution in [1.82, 2.24) is 9.21 Å². The Balaban J connectivity index is 1.61. The first-order valence-corrected chi connectivity index (χ1v) is 11.0. The Bertz CT molecular complexity index is 921. The number of hydrogen-bond donors (Lipinski definition) is 0. The fourth-order valence-corrected chi connectivity index (χ4v) is 5.63. The van der Waals surface area contributed by atoms with Gasteiger partial charge < -0.3 is 4.90 Å². The van der Waals surface area contributed by atoms with Crippen molar-refractivity contribution in [3.63, 3.8) is 0 Å². The molecule has 0 N–H and O–H groups in total. The highest BCUT2D eigenvalue weighted by atomic mass is 32.2. The predicted molar refractivity (Wildman–Crippen MR) is 104 cm³/mol. The molecule has 1 unspecified atom stereocenters. The van der Waals surface area contributed by atoms with E-state index in [1.54, 1.807) is 18.2 Å². The highest BCUT2D eigenvalue weighted by Crippen LogP contribution is 2.33. The zero-order chi connectivity index (χ0) is 18.9. The van der Waals surface area contributed by atoms with E-state index in [0.29, 0.717) is 25.2 Å². The summed E-state index contributed by atoms with van der Waals surface area (Å²) in [6.45, 7) is 1.81. The Morgan fingerprint density at radius 3 is 2.37 bits per heavy atom. The van der Waals surface area contributed by atoms with Crippen molar-refractivity contribution < 1.29 is 13.2 Å². The molecule has 142 valence electrons. The third-order valence-corrected chi connectivity index (χ3v) is 7.38. The zero-order valence-corrected chi connectivity index (χ0v) is 16.1. The van der Waals surface area contributed by atoms with Crippen LogP contribution in [0.4, 0.5) is 0 Å². The van der Waals surface area contributed by atoms with Gasteiger partial charge in [0.2, 0.25) is 10.0 Å². The summed E-state index contributed by atoms with van der Waals surface area (Å²) < 4.78 is 27.1. The Hall–Kier alpha value is -2.18. The topological polar surface area (TPSA) is 57.7 Å². The summed E-state index contributed by atoms with van der Waals surface area (Å²) in [5, 5.41) is 0. The smallest absolute Gasteiger partial charge is 0.254 e. The van der Waals surface area contributed by atoms with E-state index in [1.807, 2.05) is 35.2 Å². The van der Waals surface area contributed by atoms with Crippen molar-refractivity contribution in [2.24, 2.45) is 0 Å². The lowest BCUT2D eigenvalue weighted by Gasteiger charge is -2.25. The van der Waals surface area contributed by atoms with E-state index in [-0.39, 0.29) is 16.8 Å². The summed E-state index contributed by atoms with van der Waals surface area (Å²) in [7, 11) is -3.52. The number of carbonyl (C=O) groups is 1. The molecule has 2 fully saturated rings. The zero-order valence-electron chi connectivity index (χ0n) is 15.3. The Kier molecular flexibility index (Phi) is 5.02. The summed E-state index contributed by atoms with van der Waals surface area (Å²) in [6, 6.07) is 16.6.